The molecule has 0 aromatic carbocycles. The Morgan fingerprint density at radius 3 is 2.85 bits per heavy atom. The highest BCUT2D eigenvalue weighted by Gasteiger charge is 2.31. The molecule has 112 valence electrons. The van der Waals surface area contributed by atoms with E-state index in [1.165, 1.54) is 45.2 Å². The molecule has 1 aromatic rings. The van der Waals surface area contributed by atoms with Gasteiger partial charge in [0.2, 0.25) is 0 Å². The fraction of sp³-hybridized carbons (Fsp3) is 0.867. The van der Waals surface area contributed by atoms with Crippen molar-refractivity contribution in [1.82, 2.24) is 25.0 Å². The summed E-state index contributed by atoms with van der Waals surface area (Å²) < 4.78 is 1.99. The standard InChI is InChI=1S/C15H27N5/c1-12(16-9-15-18-17-11-19(15)2)13-5-4-8-20(10-13)14-6-3-7-14/h11-14,16H,3-10H2,1-2H3. The maximum atomic E-state index is 4.14. The molecule has 1 aliphatic heterocycles. The predicted octanol–water partition coefficient (Wildman–Crippen LogP) is 1.56. The van der Waals surface area contributed by atoms with Crippen LogP contribution in [0.4, 0.5) is 0 Å². The lowest BCUT2D eigenvalue weighted by Crippen LogP contribution is -2.50. The summed E-state index contributed by atoms with van der Waals surface area (Å²) in [7, 11) is 2.00. The quantitative estimate of drug-likeness (QED) is 0.887. The molecular weight excluding hydrogens is 250 g/mol. The monoisotopic (exact) mass is 277 g/mol. The summed E-state index contributed by atoms with van der Waals surface area (Å²) in [5.41, 5.74) is 0. The van der Waals surface area contributed by atoms with Gasteiger partial charge in [-0.1, -0.05) is 6.42 Å². The number of rotatable bonds is 5. The van der Waals surface area contributed by atoms with Crippen molar-refractivity contribution in [2.45, 2.75) is 57.7 Å². The smallest absolute Gasteiger partial charge is 0.146 e. The number of hydrogen-bond acceptors (Lipinski definition) is 4. The highest BCUT2D eigenvalue weighted by molar-refractivity contribution is 4.89. The molecule has 5 heteroatoms. The number of hydrogen-bond donors (Lipinski definition) is 1. The van der Waals surface area contributed by atoms with E-state index >= 15 is 0 Å². The Hall–Kier alpha value is -0.940. The Morgan fingerprint density at radius 2 is 2.20 bits per heavy atom. The molecule has 1 saturated heterocycles. The molecule has 2 fully saturated rings. The summed E-state index contributed by atoms with van der Waals surface area (Å²) in [5, 5.41) is 11.7. The molecule has 1 saturated carbocycles. The van der Waals surface area contributed by atoms with E-state index in [0.29, 0.717) is 6.04 Å². The third-order valence-corrected chi connectivity index (χ3v) is 5.17. The van der Waals surface area contributed by atoms with Gasteiger partial charge in [0.05, 0.1) is 6.54 Å². The van der Waals surface area contributed by atoms with Crippen molar-refractivity contribution in [3.05, 3.63) is 12.2 Å². The summed E-state index contributed by atoms with van der Waals surface area (Å²) in [4.78, 5) is 2.73. The van der Waals surface area contributed by atoms with Gasteiger partial charge in [-0.3, -0.25) is 0 Å². The maximum absolute atomic E-state index is 4.14. The zero-order valence-corrected chi connectivity index (χ0v) is 12.8. The van der Waals surface area contributed by atoms with Crippen molar-refractivity contribution in [2.24, 2.45) is 13.0 Å². The van der Waals surface area contributed by atoms with Gasteiger partial charge in [-0.25, -0.2) is 0 Å². The molecule has 20 heavy (non-hydrogen) atoms. The first kappa shape index (κ1) is 14.0. The Kier molecular flexibility index (Phi) is 4.36. The first-order chi connectivity index (χ1) is 9.74. The Bertz CT molecular complexity index is 426. The second-order valence-electron chi connectivity index (χ2n) is 6.51. The average Bonchev–Trinajstić information content (AvgIpc) is 2.80. The summed E-state index contributed by atoms with van der Waals surface area (Å²) in [6.45, 7) is 5.73. The summed E-state index contributed by atoms with van der Waals surface area (Å²) in [6.07, 6.45) is 8.76. The lowest BCUT2D eigenvalue weighted by atomic mass is 9.85. The molecule has 3 rings (SSSR count). The molecule has 5 nitrogen and oxygen atoms in total. The largest absolute Gasteiger partial charge is 0.320 e. The number of aryl methyl sites for hydroxylation is 1. The minimum atomic E-state index is 0.551. The van der Waals surface area contributed by atoms with Crippen LogP contribution < -0.4 is 5.32 Å². The molecule has 2 unspecified atom stereocenters. The van der Waals surface area contributed by atoms with Crippen LogP contribution >= 0.6 is 0 Å². The van der Waals surface area contributed by atoms with E-state index in [1.807, 2.05) is 11.6 Å². The first-order valence-corrected chi connectivity index (χ1v) is 8.04. The van der Waals surface area contributed by atoms with E-state index in [9.17, 15) is 0 Å². The fourth-order valence-corrected chi connectivity index (χ4v) is 3.42. The third kappa shape index (κ3) is 3.04. The molecule has 0 radical (unpaired) electrons. The lowest BCUT2D eigenvalue weighted by molar-refractivity contribution is 0.0664. The van der Waals surface area contributed by atoms with Crippen molar-refractivity contribution >= 4 is 0 Å². The number of piperidine rings is 1. The highest BCUT2D eigenvalue weighted by atomic mass is 15.3. The summed E-state index contributed by atoms with van der Waals surface area (Å²) in [5.74, 6) is 1.79. The van der Waals surface area contributed by atoms with E-state index in [4.69, 9.17) is 0 Å². The zero-order chi connectivity index (χ0) is 13.9. The SMILES string of the molecule is CC(NCc1nncn1C)C1CCCN(C2CCC2)C1. The van der Waals surface area contributed by atoms with Crippen LogP contribution in [0.1, 0.15) is 44.9 Å². The topological polar surface area (TPSA) is 46.0 Å². The second kappa shape index (κ2) is 6.22. The molecule has 2 aliphatic rings. The van der Waals surface area contributed by atoms with Gasteiger partial charge >= 0.3 is 0 Å². The maximum Gasteiger partial charge on any atom is 0.146 e. The molecule has 0 spiro atoms. The van der Waals surface area contributed by atoms with E-state index in [2.05, 4.69) is 27.3 Å². The van der Waals surface area contributed by atoms with Gasteiger partial charge in [-0.15, -0.1) is 10.2 Å². The van der Waals surface area contributed by atoms with E-state index in [0.717, 1.165) is 24.3 Å². The fourth-order valence-electron chi connectivity index (χ4n) is 3.42. The highest BCUT2D eigenvalue weighted by Crippen LogP contribution is 2.30. The summed E-state index contributed by atoms with van der Waals surface area (Å²) in [6, 6.07) is 1.44. The van der Waals surface area contributed by atoms with Crippen molar-refractivity contribution in [2.75, 3.05) is 13.1 Å². The minimum absolute atomic E-state index is 0.551. The Labute approximate surface area is 121 Å². The molecular formula is C15H27N5. The lowest BCUT2D eigenvalue weighted by Gasteiger charge is -2.44. The van der Waals surface area contributed by atoms with Crippen LogP contribution in [0.15, 0.2) is 6.33 Å². The van der Waals surface area contributed by atoms with Gasteiger partial charge in [0, 0.05) is 25.7 Å². The molecule has 0 bridgehead atoms. The minimum Gasteiger partial charge on any atom is -0.320 e. The predicted molar refractivity (Wildman–Crippen MR) is 79.2 cm³/mol. The van der Waals surface area contributed by atoms with Gasteiger partial charge in [-0.05, 0) is 45.1 Å². The van der Waals surface area contributed by atoms with E-state index in [1.54, 1.807) is 6.33 Å². The van der Waals surface area contributed by atoms with Gasteiger partial charge < -0.3 is 14.8 Å². The summed E-state index contributed by atoms with van der Waals surface area (Å²) >= 11 is 0. The van der Waals surface area contributed by atoms with Crippen molar-refractivity contribution < 1.29 is 0 Å². The van der Waals surface area contributed by atoms with Crippen LogP contribution in [0.3, 0.4) is 0 Å². The molecule has 2 atom stereocenters. The van der Waals surface area contributed by atoms with E-state index in [-0.39, 0.29) is 0 Å². The van der Waals surface area contributed by atoms with Crippen LogP contribution in [0, 0.1) is 5.92 Å². The van der Waals surface area contributed by atoms with Gasteiger partial charge in [0.1, 0.15) is 12.2 Å². The van der Waals surface area contributed by atoms with Crippen LogP contribution in [0.2, 0.25) is 0 Å². The van der Waals surface area contributed by atoms with Gasteiger partial charge in [0.25, 0.3) is 0 Å². The molecule has 1 aromatic heterocycles. The molecule has 0 amide bonds. The number of nitrogens with zero attached hydrogens (tertiary/aromatic N) is 4. The van der Waals surface area contributed by atoms with Crippen molar-refractivity contribution in [3.63, 3.8) is 0 Å². The van der Waals surface area contributed by atoms with E-state index < -0.39 is 0 Å². The zero-order valence-electron chi connectivity index (χ0n) is 12.8. The van der Waals surface area contributed by atoms with Gasteiger partial charge in [-0.2, -0.15) is 0 Å². The van der Waals surface area contributed by atoms with Crippen LogP contribution in [-0.4, -0.2) is 44.8 Å². The number of aromatic nitrogens is 3. The first-order valence-electron chi connectivity index (χ1n) is 8.04. The Morgan fingerprint density at radius 1 is 1.35 bits per heavy atom. The van der Waals surface area contributed by atoms with Crippen LogP contribution in [0.5, 0.6) is 0 Å². The number of nitrogens with one attached hydrogen (secondary N) is 1. The molecule has 1 N–H and O–H groups in total. The second-order valence-corrected chi connectivity index (χ2v) is 6.51. The van der Waals surface area contributed by atoms with Crippen LogP contribution in [-0.2, 0) is 13.6 Å². The van der Waals surface area contributed by atoms with Crippen molar-refractivity contribution in [3.8, 4) is 0 Å². The number of likely N-dealkylation sites (tertiary alicyclic amines) is 1. The average molecular weight is 277 g/mol. The molecule has 2 heterocycles. The van der Waals surface area contributed by atoms with Crippen molar-refractivity contribution in [1.29, 1.82) is 0 Å². The third-order valence-electron chi connectivity index (χ3n) is 5.17. The van der Waals surface area contributed by atoms with Crippen LogP contribution in [0.25, 0.3) is 0 Å². The molecule has 1 aliphatic carbocycles. The normalized spacial score (nSPS) is 26.4. The Balaban J connectivity index is 1.48. The van der Waals surface area contributed by atoms with Gasteiger partial charge in [0.15, 0.2) is 0 Å².